The van der Waals surface area contributed by atoms with Crippen LogP contribution in [0.3, 0.4) is 0 Å². The minimum Gasteiger partial charge on any atom is -0.295 e. The Balaban J connectivity index is 1.52. The van der Waals surface area contributed by atoms with Crippen molar-refractivity contribution in [1.82, 2.24) is 9.55 Å². The highest BCUT2D eigenvalue weighted by molar-refractivity contribution is 6.04. The molecule has 3 saturated carbocycles. The van der Waals surface area contributed by atoms with E-state index in [1.807, 2.05) is 39.1 Å². The zero-order valence-electron chi connectivity index (χ0n) is 28.0. The topological polar surface area (TPSA) is 92.8 Å². The first-order chi connectivity index (χ1) is 20.4. The van der Waals surface area contributed by atoms with Gasteiger partial charge in [-0.25, -0.2) is 4.98 Å². The van der Waals surface area contributed by atoms with Gasteiger partial charge in [-0.1, -0.05) is 66.0 Å². The Bertz CT molecular complexity index is 1670. The van der Waals surface area contributed by atoms with Gasteiger partial charge < -0.3 is 0 Å². The molecule has 0 bridgehead atoms. The van der Waals surface area contributed by atoms with Gasteiger partial charge in [0.05, 0.1) is 16.7 Å². The summed E-state index contributed by atoms with van der Waals surface area (Å²) in [7, 11) is 0. The Hall–Kier alpha value is -3.25. The molecule has 6 rings (SSSR count). The van der Waals surface area contributed by atoms with Crippen molar-refractivity contribution in [3.05, 3.63) is 41.0 Å². The third-order valence-electron chi connectivity index (χ3n) is 13.6. The van der Waals surface area contributed by atoms with Crippen molar-refractivity contribution < 1.29 is 14.4 Å². The molecule has 1 aromatic heterocycles. The van der Waals surface area contributed by atoms with Crippen LogP contribution in [0.25, 0.3) is 0 Å². The van der Waals surface area contributed by atoms with Crippen molar-refractivity contribution >= 4 is 17.5 Å². The van der Waals surface area contributed by atoms with E-state index in [4.69, 9.17) is 0 Å². The van der Waals surface area contributed by atoms with Crippen LogP contribution in [-0.4, -0.2) is 27.0 Å². The van der Waals surface area contributed by atoms with Gasteiger partial charge in [-0.15, -0.1) is 0 Å². The standard InChI is InChI=1S/C38H47N3O3/c1-10-11-29-40-23(2)22-41(29)32(44)38-16-14-33(3,4)20-25(38)30-26(42)18-28-35(7)19-24(21-39)31(43)34(5,6)27(35)12-13-36(28,8)37(30,9)15-17-38/h18-19,22,25,27,30H,12-17,20H2,1-9H3/t25-,27-,30-,35-,36+,37+,38-/m0/s1. The molecule has 5 aliphatic rings. The number of aromatic nitrogens is 2. The summed E-state index contributed by atoms with van der Waals surface area (Å²) in [6.45, 7) is 19.0. The fourth-order valence-electron chi connectivity index (χ4n) is 11.1. The predicted molar refractivity (Wildman–Crippen MR) is 169 cm³/mol. The smallest absolute Gasteiger partial charge is 0.239 e. The summed E-state index contributed by atoms with van der Waals surface area (Å²) in [4.78, 5) is 47.5. The summed E-state index contributed by atoms with van der Waals surface area (Å²) in [5.74, 6) is 6.10. The third-order valence-corrected chi connectivity index (χ3v) is 13.6. The zero-order valence-corrected chi connectivity index (χ0v) is 28.0. The van der Waals surface area contributed by atoms with Gasteiger partial charge >= 0.3 is 0 Å². The number of hydrogen-bond donors (Lipinski definition) is 0. The molecule has 6 nitrogen and oxygen atoms in total. The molecule has 0 radical (unpaired) electrons. The fraction of sp³-hybridized carbons (Fsp3) is 0.658. The van der Waals surface area contributed by atoms with E-state index >= 15 is 0 Å². The lowest BCUT2D eigenvalue weighted by Gasteiger charge is -2.69. The van der Waals surface area contributed by atoms with Crippen molar-refractivity contribution in [1.29, 1.82) is 5.26 Å². The average Bonchev–Trinajstić information content (AvgIpc) is 3.31. The first kappa shape index (κ1) is 30.8. The molecular formula is C38H47N3O3. The first-order valence-corrected chi connectivity index (χ1v) is 16.4. The molecule has 0 saturated heterocycles. The average molecular weight is 594 g/mol. The Morgan fingerprint density at radius 3 is 2.36 bits per heavy atom. The number of imidazole rings is 1. The van der Waals surface area contributed by atoms with Crippen LogP contribution >= 0.6 is 0 Å². The highest BCUT2D eigenvalue weighted by Crippen LogP contribution is 2.74. The number of aryl methyl sites for hydroxylation is 1. The van der Waals surface area contributed by atoms with E-state index in [1.165, 1.54) is 0 Å². The molecule has 0 spiro atoms. The molecule has 0 unspecified atom stereocenters. The molecule has 44 heavy (non-hydrogen) atoms. The summed E-state index contributed by atoms with van der Waals surface area (Å²) in [6, 6.07) is 2.19. The predicted octanol–water partition coefficient (Wildman–Crippen LogP) is 7.42. The Morgan fingerprint density at radius 2 is 1.70 bits per heavy atom. The number of allylic oxidation sites excluding steroid dienone is 4. The highest BCUT2D eigenvalue weighted by atomic mass is 16.2. The Morgan fingerprint density at radius 1 is 1.02 bits per heavy atom. The summed E-state index contributed by atoms with van der Waals surface area (Å²) in [5, 5.41) is 9.98. The lowest BCUT2D eigenvalue weighted by molar-refractivity contribution is -0.164. The number of carbonyl (C=O) groups excluding carboxylic acids is 3. The molecule has 232 valence electrons. The fourth-order valence-corrected chi connectivity index (χ4v) is 11.1. The normalized spacial score (nSPS) is 40.0. The molecule has 0 aliphatic heterocycles. The largest absolute Gasteiger partial charge is 0.295 e. The summed E-state index contributed by atoms with van der Waals surface area (Å²) in [6.07, 6.45) is 11.3. The molecule has 0 amide bonds. The molecule has 0 aromatic carbocycles. The van der Waals surface area contributed by atoms with Gasteiger partial charge in [0, 0.05) is 22.9 Å². The van der Waals surface area contributed by atoms with Crippen molar-refractivity contribution in [2.75, 3.05) is 0 Å². The van der Waals surface area contributed by atoms with Crippen LogP contribution in [-0.2, 0) is 9.59 Å². The van der Waals surface area contributed by atoms with Crippen LogP contribution in [0.5, 0.6) is 0 Å². The number of hydrogen-bond acceptors (Lipinski definition) is 5. The van der Waals surface area contributed by atoms with Crippen LogP contribution in [0.15, 0.2) is 29.5 Å². The number of carbonyl (C=O) groups is 3. The summed E-state index contributed by atoms with van der Waals surface area (Å²) >= 11 is 0. The maximum Gasteiger partial charge on any atom is 0.239 e. The number of Topliss-reactive ketones (excluding diaryl/α,β-unsaturated/α-hetero) is 1. The zero-order chi connectivity index (χ0) is 32.3. The minimum atomic E-state index is -0.693. The molecule has 5 aliphatic carbocycles. The third kappa shape index (κ3) is 3.79. The number of fused-ring (bicyclic) bond motifs is 7. The summed E-state index contributed by atoms with van der Waals surface area (Å²) in [5.41, 5.74) is -0.546. The minimum absolute atomic E-state index is 0.00678. The SMILES string of the molecule is CC#Cc1nc(C)cn1C(=O)[C@]12CCC(C)(C)C[C@H]1[C@H]1C(=O)C=C3[C@@]4(C)C=C(C#N)C(=O)C(C)(C)[C@@H]4CC[C@@]3(C)[C@]1(C)CC2. The van der Waals surface area contributed by atoms with E-state index in [0.29, 0.717) is 5.82 Å². The second-order valence-corrected chi connectivity index (χ2v) is 16.7. The van der Waals surface area contributed by atoms with Gasteiger partial charge in [-0.05, 0) is 98.9 Å². The Kier molecular flexibility index (Phi) is 6.56. The van der Waals surface area contributed by atoms with E-state index in [2.05, 4.69) is 57.5 Å². The number of nitrogens with zero attached hydrogens (tertiary/aromatic N) is 3. The van der Waals surface area contributed by atoms with E-state index < -0.39 is 16.2 Å². The summed E-state index contributed by atoms with van der Waals surface area (Å²) < 4.78 is 1.68. The maximum atomic E-state index is 14.8. The molecule has 1 heterocycles. The molecule has 1 aromatic rings. The maximum absolute atomic E-state index is 14.8. The van der Waals surface area contributed by atoms with E-state index in [0.717, 1.165) is 56.2 Å². The number of ketones is 2. The molecular weight excluding hydrogens is 546 g/mol. The lowest BCUT2D eigenvalue weighted by Crippen LogP contribution is -2.66. The molecule has 7 atom stereocenters. The lowest BCUT2D eigenvalue weighted by atomic mass is 9.34. The van der Waals surface area contributed by atoms with Gasteiger partial charge in [0.25, 0.3) is 0 Å². The monoisotopic (exact) mass is 593 g/mol. The second-order valence-electron chi connectivity index (χ2n) is 16.7. The van der Waals surface area contributed by atoms with Gasteiger partial charge in [0.15, 0.2) is 17.4 Å². The second kappa shape index (κ2) is 9.38. The van der Waals surface area contributed by atoms with Gasteiger partial charge in [-0.2, -0.15) is 5.26 Å². The Labute approximate surface area is 262 Å². The van der Waals surface area contributed by atoms with Crippen LogP contribution < -0.4 is 0 Å². The first-order valence-electron chi connectivity index (χ1n) is 16.4. The van der Waals surface area contributed by atoms with E-state index in [-0.39, 0.29) is 57.0 Å². The highest BCUT2D eigenvalue weighted by Gasteiger charge is 2.71. The van der Waals surface area contributed by atoms with Gasteiger partial charge in [-0.3, -0.25) is 19.0 Å². The van der Waals surface area contributed by atoms with Crippen LogP contribution in [0, 0.1) is 80.3 Å². The molecule has 3 fully saturated rings. The van der Waals surface area contributed by atoms with E-state index in [9.17, 15) is 19.6 Å². The number of nitriles is 1. The van der Waals surface area contributed by atoms with Crippen molar-refractivity contribution in [3.8, 4) is 17.9 Å². The van der Waals surface area contributed by atoms with Gasteiger partial charge in [0.1, 0.15) is 6.07 Å². The van der Waals surface area contributed by atoms with Crippen molar-refractivity contribution in [3.63, 3.8) is 0 Å². The van der Waals surface area contributed by atoms with Crippen molar-refractivity contribution in [2.24, 2.45) is 50.2 Å². The molecule has 0 N–H and O–H groups in total. The molecule has 6 heteroatoms. The van der Waals surface area contributed by atoms with Crippen molar-refractivity contribution in [2.45, 2.75) is 107 Å². The van der Waals surface area contributed by atoms with Gasteiger partial charge in [0.2, 0.25) is 5.91 Å². The van der Waals surface area contributed by atoms with Crippen LogP contribution in [0.4, 0.5) is 0 Å². The van der Waals surface area contributed by atoms with Crippen LogP contribution in [0.2, 0.25) is 0 Å². The van der Waals surface area contributed by atoms with Crippen LogP contribution in [0.1, 0.15) is 117 Å². The number of rotatable bonds is 1. The van der Waals surface area contributed by atoms with E-state index in [1.54, 1.807) is 11.5 Å². The quantitative estimate of drug-likeness (QED) is 0.316.